The van der Waals surface area contributed by atoms with Gasteiger partial charge in [0.15, 0.2) is 0 Å². The van der Waals surface area contributed by atoms with Gasteiger partial charge in [-0.25, -0.2) is 5.48 Å². The van der Waals surface area contributed by atoms with Crippen LogP contribution in [0.25, 0.3) is 0 Å². The van der Waals surface area contributed by atoms with Crippen LogP contribution in [0.15, 0.2) is 64.4 Å². The van der Waals surface area contributed by atoms with Crippen molar-refractivity contribution in [2.75, 3.05) is 0 Å². The lowest BCUT2D eigenvalue weighted by Gasteiger charge is -2.18. The third kappa shape index (κ3) is 8.13. The SMILES string of the molecule is O=C(CC1CCCC1)C(=O)c1ccc(Sc2ccccc2)cc1.O=C(NO)C1CCCCC1. The Hall–Kier alpha value is -2.44. The smallest absolute Gasteiger partial charge is 0.246 e. The Labute approximate surface area is 200 Å². The molecule has 6 heteroatoms. The molecule has 2 saturated carbocycles. The molecule has 2 aromatic carbocycles. The average molecular weight is 468 g/mol. The maximum atomic E-state index is 12.2. The third-order valence-corrected chi connectivity index (χ3v) is 7.40. The maximum absolute atomic E-state index is 12.2. The number of hydrogen-bond acceptors (Lipinski definition) is 5. The molecule has 176 valence electrons. The molecule has 2 N–H and O–H groups in total. The van der Waals surface area contributed by atoms with Crippen LogP contribution in [-0.4, -0.2) is 22.7 Å². The molecule has 0 aromatic heterocycles. The first-order valence-electron chi connectivity index (χ1n) is 11.9. The fraction of sp³-hybridized carbons (Fsp3) is 0.444. The van der Waals surface area contributed by atoms with Gasteiger partial charge in [-0.15, -0.1) is 0 Å². The molecule has 0 bridgehead atoms. The summed E-state index contributed by atoms with van der Waals surface area (Å²) in [6, 6.07) is 17.4. The summed E-state index contributed by atoms with van der Waals surface area (Å²) in [6.45, 7) is 0. The van der Waals surface area contributed by atoms with Gasteiger partial charge in [0.25, 0.3) is 0 Å². The highest BCUT2D eigenvalue weighted by Gasteiger charge is 2.23. The molecule has 0 radical (unpaired) electrons. The van der Waals surface area contributed by atoms with Crippen molar-refractivity contribution in [1.82, 2.24) is 5.48 Å². The Balaban J connectivity index is 0.000000257. The summed E-state index contributed by atoms with van der Waals surface area (Å²) in [5.41, 5.74) is 2.20. The number of benzene rings is 2. The molecule has 1 amide bonds. The molecule has 0 heterocycles. The largest absolute Gasteiger partial charge is 0.290 e. The molecule has 2 aliphatic carbocycles. The molecular formula is C27H33NO4S. The number of hydrogen-bond donors (Lipinski definition) is 2. The first-order chi connectivity index (χ1) is 16.1. The van der Waals surface area contributed by atoms with Crippen molar-refractivity contribution in [3.8, 4) is 0 Å². The number of carbonyl (C=O) groups is 3. The molecule has 0 spiro atoms. The van der Waals surface area contributed by atoms with Crippen molar-refractivity contribution < 1.29 is 19.6 Å². The van der Waals surface area contributed by atoms with Crippen molar-refractivity contribution >= 4 is 29.2 Å². The fourth-order valence-corrected chi connectivity index (χ4v) is 5.32. The van der Waals surface area contributed by atoms with E-state index < -0.39 is 0 Å². The maximum Gasteiger partial charge on any atom is 0.246 e. The van der Waals surface area contributed by atoms with Gasteiger partial charge in [0.05, 0.1) is 0 Å². The molecule has 33 heavy (non-hydrogen) atoms. The Morgan fingerprint density at radius 3 is 1.97 bits per heavy atom. The monoisotopic (exact) mass is 467 g/mol. The van der Waals surface area contributed by atoms with Gasteiger partial charge < -0.3 is 0 Å². The fourth-order valence-electron chi connectivity index (χ4n) is 4.49. The number of hydroxylamine groups is 1. The standard InChI is InChI=1S/C20H20O2S.C7H13NO2/c21-19(14-15-6-4-5-7-15)20(22)16-10-12-18(13-11-16)23-17-8-2-1-3-9-17;9-7(8-10)6-4-2-1-3-5-6/h1-3,8-13,15H,4-7,14H2;6,10H,1-5H2,(H,8,9). The van der Waals surface area contributed by atoms with Crippen LogP contribution in [0.5, 0.6) is 0 Å². The lowest BCUT2D eigenvalue weighted by molar-refractivity contribution is -0.134. The molecule has 0 atom stereocenters. The van der Waals surface area contributed by atoms with Crippen LogP contribution < -0.4 is 5.48 Å². The Morgan fingerprint density at radius 1 is 0.788 bits per heavy atom. The average Bonchev–Trinajstić information content (AvgIpc) is 3.38. The molecule has 0 unspecified atom stereocenters. The van der Waals surface area contributed by atoms with E-state index in [1.165, 1.54) is 19.3 Å². The topological polar surface area (TPSA) is 83.5 Å². The van der Waals surface area contributed by atoms with Crippen LogP contribution in [0.2, 0.25) is 0 Å². The second-order valence-corrected chi connectivity index (χ2v) is 10.0. The van der Waals surface area contributed by atoms with Crippen molar-refractivity contribution in [2.45, 2.75) is 74.0 Å². The summed E-state index contributed by atoms with van der Waals surface area (Å²) in [5.74, 6) is -0.300. The normalized spacial score (nSPS) is 16.5. The van der Waals surface area contributed by atoms with Crippen molar-refractivity contribution in [3.63, 3.8) is 0 Å². The van der Waals surface area contributed by atoms with Crippen LogP contribution in [0.4, 0.5) is 0 Å². The third-order valence-electron chi connectivity index (χ3n) is 6.38. The first-order valence-corrected chi connectivity index (χ1v) is 12.7. The van der Waals surface area contributed by atoms with Gasteiger partial charge in [-0.05, 0) is 55.2 Å². The Morgan fingerprint density at radius 2 is 1.36 bits per heavy atom. The Bertz CT molecular complexity index is 901. The van der Waals surface area contributed by atoms with Gasteiger partial charge in [-0.2, -0.15) is 0 Å². The Kier molecular flexibility index (Phi) is 10.2. The molecule has 5 nitrogen and oxygen atoms in total. The second kappa shape index (κ2) is 13.3. The zero-order valence-electron chi connectivity index (χ0n) is 19.0. The molecule has 2 aromatic rings. The second-order valence-electron chi connectivity index (χ2n) is 8.86. The van der Waals surface area contributed by atoms with Crippen LogP contribution in [0.3, 0.4) is 0 Å². The van der Waals surface area contributed by atoms with E-state index in [-0.39, 0.29) is 23.4 Å². The molecular weight excluding hydrogens is 434 g/mol. The van der Waals surface area contributed by atoms with Crippen LogP contribution >= 0.6 is 11.8 Å². The summed E-state index contributed by atoms with van der Waals surface area (Å²) in [6.07, 6.45) is 10.3. The van der Waals surface area contributed by atoms with Gasteiger partial charge in [0, 0.05) is 27.7 Å². The molecule has 2 aliphatic rings. The number of amides is 1. The van der Waals surface area contributed by atoms with Crippen LogP contribution in [0.1, 0.15) is 74.6 Å². The molecule has 0 aliphatic heterocycles. The minimum atomic E-state index is -0.340. The minimum Gasteiger partial charge on any atom is -0.290 e. The molecule has 4 rings (SSSR count). The van der Waals surface area contributed by atoms with E-state index in [4.69, 9.17) is 5.21 Å². The number of Topliss-reactive ketones (excluding diaryl/α,β-unsaturated/α-hetero) is 2. The first kappa shape index (κ1) is 25.2. The van der Waals surface area contributed by atoms with E-state index in [0.717, 1.165) is 48.3 Å². The van der Waals surface area contributed by atoms with E-state index in [1.54, 1.807) is 29.4 Å². The predicted octanol–water partition coefficient (Wildman–Crippen LogP) is 6.24. The van der Waals surface area contributed by atoms with E-state index >= 15 is 0 Å². The lowest BCUT2D eigenvalue weighted by Crippen LogP contribution is -2.29. The van der Waals surface area contributed by atoms with E-state index in [9.17, 15) is 14.4 Å². The number of ketones is 2. The van der Waals surface area contributed by atoms with Gasteiger partial charge in [0.1, 0.15) is 0 Å². The highest BCUT2D eigenvalue weighted by Crippen LogP contribution is 2.29. The van der Waals surface area contributed by atoms with Gasteiger partial charge in [-0.3, -0.25) is 19.6 Å². The van der Waals surface area contributed by atoms with Gasteiger partial charge >= 0.3 is 0 Å². The van der Waals surface area contributed by atoms with Crippen molar-refractivity contribution in [2.24, 2.45) is 11.8 Å². The van der Waals surface area contributed by atoms with Crippen molar-refractivity contribution in [1.29, 1.82) is 0 Å². The highest BCUT2D eigenvalue weighted by atomic mass is 32.2. The molecule has 0 saturated heterocycles. The van der Waals surface area contributed by atoms with E-state index in [0.29, 0.717) is 17.9 Å². The minimum absolute atomic E-state index is 0.0683. The van der Waals surface area contributed by atoms with Gasteiger partial charge in [-0.1, -0.05) is 74.9 Å². The zero-order chi connectivity index (χ0) is 23.5. The highest BCUT2D eigenvalue weighted by molar-refractivity contribution is 7.99. The molecule has 2 fully saturated rings. The van der Waals surface area contributed by atoms with E-state index in [1.807, 2.05) is 30.3 Å². The number of nitrogens with one attached hydrogen (secondary N) is 1. The van der Waals surface area contributed by atoms with E-state index in [2.05, 4.69) is 12.1 Å². The number of rotatable bonds is 7. The number of carbonyl (C=O) groups excluding carboxylic acids is 3. The summed E-state index contributed by atoms with van der Waals surface area (Å²) in [7, 11) is 0. The summed E-state index contributed by atoms with van der Waals surface area (Å²) in [4.78, 5) is 37.4. The summed E-state index contributed by atoms with van der Waals surface area (Å²) >= 11 is 1.65. The quantitative estimate of drug-likeness (QED) is 0.218. The summed E-state index contributed by atoms with van der Waals surface area (Å²) in [5, 5.41) is 8.29. The van der Waals surface area contributed by atoms with Crippen molar-refractivity contribution in [3.05, 3.63) is 60.2 Å². The summed E-state index contributed by atoms with van der Waals surface area (Å²) < 4.78 is 0. The predicted molar refractivity (Wildman–Crippen MR) is 129 cm³/mol. The van der Waals surface area contributed by atoms with Crippen LogP contribution in [-0.2, 0) is 9.59 Å². The lowest BCUT2D eigenvalue weighted by atomic mass is 9.89. The van der Waals surface area contributed by atoms with Crippen LogP contribution in [0, 0.1) is 11.8 Å². The zero-order valence-corrected chi connectivity index (χ0v) is 19.8. The van der Waals surface area contributed by atoms with Gasteiger partial charge in [0.2, 0.25) is 17.5 Å².